The van der Waals surface area contributed by atoms with E-state index in [9.17, 15) is 0 Å². The Morgan fingerprint density at radius 1 is 1.18 bits per heavy atom. The van der Waals surface area contributed by atoms with E-state index in [0.29, 0.717) is 0 Å². The molecule has 3 rings (SSSR count). The molecular weight excluding hydrogens is 348 g/mol. The zero-order chi connectivity index (χ0) is 11.8. The minimum absolute atomic E-state index is 0.806. The van der Waals surface area contributed by atoms with Gasteiger partial charge in [0.05, 0.1) is 11.0 Å². The maximum Gasteiger partial charge on any atom is 0.143 e. The average Bonchev–Trinajstić information content (AvgIpc) is 2.75. The van der Waals surface area contributed by atoms with Crippen LogP contribution >= 0.6 is 31.9 Å². The fraction of sp³-hybridized carbons (Fsp3) is 0.273. The monoisotopic (exact) mass is 356 g/mol. The number of imidazole rings is 1. The zero-order valence-electron chi connectivity index (χ0n) is 8.98. The van der Waals surface area contributed by atoms with Gasteiger partial charge < -0.3 is 9.47 Å². The van der Waals surface area contributed by atoms with Gasteiger partial charge in [0.1, 0.15) is 11.6 Å². The maximum atomic E-state index is 4.45. The Balaban J connectivity index is 1.91. The van der Waals surface area contributed by atoms with Crippen molar-refractivity contribution in [3.05, 3.63) is 39.4 Å². The summed E-state index contributed by atoms with van der Waals surface area (Å²) in [6.45, 7) is 2.72. The van der Waals surface area contributed by atoms with Crippen molar-refractivity contribution in [3.8, 4) is 0 Å². The molecule has 2 aromatic rings. The molecule has 0 aliphatic carbocycles. The van der Waals surface area contributed by atoms with Crippen LogP contribution in [-0.4, -0.2) is 21.1 Å². The minimum Gasteiger partial charge on any atom is -0.346 e. The highest BCUT2D eigenvalue weighted by atomic mass is 79.9. The topological polar surface area (TPSA) is 34.0 Å². The maximum absolute atomic E-state index is 4.45. The first-order valence-corrected chi connectivity index (χ1v) is 6.88. The second-order valence-corrected chi connectivity index (χ2v) is 5.69. The van der Waals surface area contributed by atoms with Gasteiger partial charge in [-0.15, -0.1) is 0 Å². The van der Waals surface area contributed by atoms with Crippen molar-refractivity contribution in [1.82, 2.24) is 14.5 Å². The number of anilines is 1. The molecule has 0 unspecified atom stereocenters. The SMILES string of the molecule is Brc1cnc(N2CCn3ccnc3C2)c(Br)c1. The van der Waals surface area contributed by atoms with Crippen LogP contribution in [0.2, 0.25) is 0 Å². The van der Waals surface area contributed by atoms with Gasteiger partial charge in [0.2, 0.25) is 0 Å². The molecule has 0 saturated carbocycles. The van der Waals surface area contributed by atoms with Crippen LogP contribution in [0.3, 0.4) is 0 Å². The van der Waals surface area contributed by atoms with Crippen LogP contribution in [-0.2, 0) is 13.1 Å². The quantitative estimate of drug-likeness (QED) is 0.787. The third-order valence-electron chi connectivity index (χ3n) is 2.83. The van der Waals surface area contributed by atoms with E-state index >= 15 is 0 Å². The summed E-state index contributed by atoms with van der Waals surface area (Å²) >= 11 is 6.96. The summed E-state index contributed by atoms with van der Waals surface area (Å²) in [7, 11) is 0. The van der Waals surface area contributed by atoms with Crippen LogP contribution in [0.15, 0.2) is 33.6 Å². The van der Waals surface area contributed by atoms with Gasteiger partial charge in [-0.1, -0.05) is 0 Å². The molecule has 1 aliphatic rings. The van der Waals surface area contributed by atoms with Crippen molar-refractivity contribution in [1.29, 1.82) is 0 Å². The molecule has 0 fully saturated rings. The fourth-order valence-corrected chi connectivity index (χ4v) is 3.23. The number of pyridine rings is 1. The van der Waals surface area contributed by atoms with E-state index in [4.69, 9.17) is 0 Å². The highest BCUT2D eigenvalue weighted by molar-refractivity contribution is 9.11. The molecule has 17 heavy (non-hydrogen) atoms. The summed E-state index contributed by atoms with van der Waals surface area (Å²) in [5.74, 6) is 2.07. The number of rotatable bonds is 1. The normalized spacial score (nSPS) is 14.8. The number of aromatic nitrogens is 3. The van der Waals surface area contributed by atoms with Crippen LogP contribution in [0.5, 0.6) is 0 Å². The lowest BCUT2D eigenvalue weighted by Gasteiger charge is -2.29. The van der Waals surface area contributed by atoms with E-state index in [2.05, 4.69) is 51.3 Å². The fourth-order valence-electron chi connectivity index (χ4n) is 1.99. The molecule has 0 spiro atoms. The summed E-state index contributed by atoms with van der Waals surface area (Å²) < 4.78 is 4.17. The molecule has 0 N–H and O–H groups in total. The first-order chi connectivity index (χ1) is 8.24. The minimum atomic E-state index is 0.806. The van der Waals surface area contributed by atoms with Crippen molar-refractivity contribution in [2.24, 2.45) is 0 Å². The molecule has 0 bridgehead atoms. The first-order valence-electron chi connectivity index (χ1n) is 5.30. The van der Waals surface area contributed by atoms with Crippen molar-refractivity contribution in [2.45, 2.75) is 13.1 Å². The van der Waals surface area contributed by atoms with Gasteiger partial charge in [-0.25, -0.2) is 9.97 Å². The molecule has 3 heterocycles. The molecule has 0 radical (unpaired) electrons. The molecule has 0 atom stereocenters. The molecule has 6 heteroatoms. The first kappa shape index (κ1) is 11.2. The van der Waals surface area contributed by atoms with Crippen molar-refractivity contribution in [2.75, 3.05) is 11.4 Å². The second-order valence-electron chi connectivity index (χ2n) is 3.92. The second kappa shape index (κ2) is 4.42. The van der Waals surface area contributed by atoms with Gasteiger partial charge in [0.15, 0.2) is 0 Å². The third kappa shape index (κ3) is 2.11. The Bertz CT molecular complexity index is 552. The largest absolute Gasteiger partial charge is 0.346 e. The Kier molecular flexibility index (Phi) is 2.92. The molecular formula is C11H10Br2N4. The number of halogens is 2. The van der Waals surface area contributed by atoms with Crippen molar-refractivity contribution in [3.63, 3.8) is 0 Å². The van der Waals surface area contributed by atoms with Gasteiger partial charge in [-0.05, 0) is 37.9 Å². The lowest BCUT2D eigenvalue weighted by molar-refractivity contribution is 0.555. The predicted octanol–water partition coefficient (Wildman–Crippen LogP) is 2.82. The summed E-state index contributed by atoms with van der Waals surface area (Å²) in [5, 5.41) is 0. The van der Waals surface area contributed by atoms with Gasteiger partial charge >= 0.3 is 0 Å². The number of hydrogen-bond donors (Lipinski definition) is 0. The zero-order valence-corrected chi connectivity index (χ0v) is 12.1. The molecule has 2 aromatic heterocycles. The molecule has 0 aromatic carbocycles. The molecule has 0 amide bonds. The molecule has 4 nitrogen and oxygen atoms in total. The van der Waals surface area contributed by atoms with Gasteiger partial charge in [0, 0.05) is 36.2 Å². The van der Waals surface area contributed by atoms with Gasteiger partial charge in [-0.3, -0.25) is 0 Å². The van der Waals surface area contributed by atoms with E-state index in [0.717, 1.165) is 40.2 Å². The summed E-state index contributed by atoms with van der Waals surface area (Å²) in [6, 6.07) is 2.02. The van der Waals surface area contributed by atoms with Crippen LogP contribution in [0.4, 0.5) is 5.82 Å². The molecule has 1 aliphatic heterocycles. The Labute approximate surface area is 116 Å². The number of hydrogen-bond acceptors (Lipinski definition) is 3. The van der Waals surface area contributed by atoms with E-state index in [1.165, 1.54) is 0 Å². The smallest absolute Gasteiger partial charge is 0.143 e. The molecule has 0 saturated heterocycles. The lowest BCUT2D eigenvalue weighted by Crippen LogP contribution is -2.34. The highest BCUT2D eigenvalue weighted by Crippen LogP contribution is 2.28. The van der Waals surface area contributed by atoms with Crippen LogP contribution in [0.25, 0.3) is 0 Å². The predicted molar refractivity (Wildman–Crippen MR) is 72.9 cm³/mol. The van der Waals surface area contributed by atoms with Crippen molar-refractivity contribution >= 4 is 37.7 Å². The number of nitrogens with zero attached hydrogens (tertiary/aromatic N) is 4. The van der Waals surface area contributed by atoms with Crippen LogP contribution in [0.1, 0.15) is 5.82 Å². The standard InChI is InChI=1S/C11H10Br2N4/c12-8-5-9(13)11(15-6-8)17-4-3-16-2-1-14-10(16)7-17/h1-2,5-6H,3-4,7H2. The lowest BCUT2D eigenvalue weighted by atomic mass is 10.3. The van der Waals surface area contributed by atoms with Gasteiger partial charge in [-0.2, -0.15) is 0 Å². The summed E-state index contributed by atoms with van der Waals surface area (Å²) in [5.41, 5.74) is 0. The molecule has 88 valence electrons. The summed E-state index contributed by atoms with van der Waals surface area (Å²) in [4.78, 5) is 11.0. The Hall–Kier alpha value is -0.880. The summed E-state index contributed by atoms with van der Waals surface area (Å²) in [6.07, 6.45) is 5.70. The highest BCUT2D eigenvalue weighted by Gasteiger charge is 2.19. The van der Waals surface area contributed by atoms with Crippen LogP contribution in [0, 0.1) is 0 Å². The third-order valence-corrected chi connectivity index (χ3v) is 3.85. The average molecular weight is 358 g/mol. The Morgan fingerprint density at radius 2 is 2.06 bits per heavy atom. The van der Waals surface area contributed by atoms with Gasteiger partial charge in [0.25, 0.3) is 0 Å². The van der Waals surface area contributed by atoms with E-state index < -0.39 is 0 Å². The van der Waals surface area contributed by atoms with E-state index in [1.54, 1.807) is 0 Å². The number of fused-ring (bicyclic) bond motifs is 1. The Morgan fingerprint density at radius 3 is 2.88 bits per heavy atom. The van der Waals surface area contributed by atoms with Crippen LogP contribution < -0.4 is 4.90 Å². The van der Waals surface area contributed by atoms with Crippen molar-refractivity contribution < 1.29 is 0 Å². The van der Waals surface area contributed by atoms with E-state index in [1.807, 2.05) is 24.7 Å². The van der Waals surface area contributed by atoms with E-state index in [-0.39, 0.29) is 0 Å².